The average molecular weight is 983 g/mol. The number of anilines is 1. The monoisotopic (exact) mass is 982 g/mol. The van der Waals surface area contributed by atoms with E-state index in [0.29, 0.717) is 28.9 Å². The molecule has 0 bridgehead atoms. The van der Waals surface area contributed by atoms with Crippen molar-refractivity contribution >= 4 is 29.6 Å². The normalized spacial score (nSPS) is 14.9. The van der Waals surface area contributed by atoms with Crippen LogP contribution in [-0.4, -0.2) is 86.8 Å². The van der Waals surface area contributed by atoms with Crippen LogP contribution in [0.2, 0.25) is 5.28 Å². The van der Waals surface area contributed by atoms with Crippen molar-refractivity contribution in [2.24, 2.45) is 0 Å². The van der Waals surface area contributed by atoms with E-state index < -0.39 is 42.6 Å². The Kier molecular flexibility index (Phi) is 17.9. The first kappa shape index (κ1) is 53.1. The van der Waals surface area contributed by atoms with Gasteiger partial charge in [-0.3, -0.25) is 19.2 Å². The minimum absolute atomic E-state index is 0. The maximum atomic E-state index is 13.0. The van der Waals surface area contributed by atoms with Crippen molar-refractivity contribution in [1.82, 2.24) is 49.8 Å². The summed E-state index contributed by atoms with van der Waals surface area (Å²) in [6.45, 7) is 11.2. The van der Waals surface area contributed by atoms with E-state index >= 15 is 0 Å². The van der Waals surface area contributed by atoms with Gasteiger partial charge in [0.2, 0.25) is 11.2 Å². The van der Waals surface area contributed by atoms with Crippen molar-refractivity contribution in [3.8, 4) is 23.0 Å². The van der Waals surface area contributed by atoms with E-state index in [0.717, 1.165) is 42.3 Å². The second-order valence-corrected chi connectivity index (χ2v) is 16.3. The number of hydrogen-bond acceptors (Lipinski definition) is 14. The predicted octanol–water partition coefficient (Wildman–Crippen LogP) is 6.69. The number of carbonyl (C=O) groups excluding carboxylic acids is 2. The molecule has 0 aliphatic carbocycles. The van der Waals surface area contributed by atoms with Crippen LogP contribution in [-0.2, 0) is 39.5 Å². The first-order valence-corrected chi connectivity index (χ1v) is 20.4. The molecular formula is C44H44ClF7N11NaO4. The maximum absolute atomic E-state index is 13.0. The summed E-state index contributed by atoms with van der Waals surface area (Å²) in [4.78, 5) is 64.9. The van der Waals surface area contributed by atoms with E-state index in [4.69, 9.17) is 22.4 Å². The zero-order valence-corrected chi connectivity index (χ0v) is 40.5. The minimum Gasteiger partial charge on any atom is -1.00 e. The fourth-order valence-corrected chi connectivity index (χ4v) is 6.40. The molecule has 6 aromatic rings. The van der Waals surface area contributed by atoms with Crippen molar-refractivity contribution in [2.45, 2.75) is 90.8 Å². The SMILES string of the molecule is CC1(C)CCC(=O)O1.Cc1cccc(-c2nc(Cc3ccnc(C(F)(F)F)c3)nc(N3CC(C)(C)OC3=O)n2)n1.Cc1cccc(-c2nc(Cl)nc(Cc3ccnc(C(F)(F)F)c3)n2)n1.[2H]CF.[H-].[Na+]. The molecule has 0 atom stereocenters. The zero-order chi connectivity index (χ0) is 50.0. The topological polar surface area (TPSA) is 185 Å². The smallest absolute Gasteiger partial charge is 1.00 e. The van der Waals surface area contributed by atoms with Crippen LogP contribution in [0.5, 0.6) is 0 Å². The third-order valence-electron chi connectivity index (χ3n) is 9.20. The Labute approximate surface area is 416 Å². The molecule has 2 saturated heterocycles. The Balaban J connectivity index is 0.000000302. The summed E-state index contributed by atoms with van der Waals surface area (Å²) in [5, 5.41) is -0.0478. The van der Waals surface area contributed by atoms with E-state index in [2.05, 4.69) is 49.8 Å². The van der Waals surface area contributed by atoms with E-state index in [1.165, 1.54) is 17.0 Å². The van der Waals surface area contributed by atoms with Crippen LogP contribution in [0.1, 0.15) is 88.9 Å². The third-order valence-corrected chi connectivity index (χ3v) is 9.37. The van der Waals surface area contributed by atoms with Gasteiger partial charge in [-0.25, -0.2) is 34.6 Å². The zero-order valence-electron chi connectivity index (χ0n) is 39.7. The van der Waals surface area contributed by atoms with Crippen molar-refractivity contribution in [3.63, 3.8) is 0 Å². The van der Waals surface area contributed by atoms with Gasteiger partial charge in [-0.1, -0.05) is 12.1 Å². The van der Waals surface area contributed by atoms with Crippen LogP contribution in [0.3, 0.4) is 0 Å². The molecule has 1 amide bonds. The van der Waals surface area contributed by atoms with E-state index in [1.807, 2.05) is 39.8 Å². The number of esters is 1. The van der Waals surface area contributed by atoms with Crippen LogP contribution >= 0.6 is 11.6 Å². The number of aryl methyl sites for hydroxylation is 2. The number of cyclic esters (lactones) is 2. The van der Waals surface area contributed by atoms with Crippen molar-refractivity contribution in [3.05, 3.63) is 124 Å². The van der Waals surface area contributed by atoms with E-state index in [1.54, 1.807) is 38.1 Å². The number of ether oxygens (including phenoxy) is 2. The molecule has 0 unspecified atom stereocenters. The molecule has 2 aliphatic heterocycles. The number of aromatic nitrogens is 10. The summed E-state index contributed by atoms with van der Waals surface area (Å²) in [7, 11) is -1.00. The largest absolute Gasteiger partial charge is 1.00 e. The van der Waals surface area contributed by atoms with Gasteiger partial charge in [-0.2, -0.15) is 41.3 Å². The molecule has 2 aliphatic rings. The number of carbonyl (C=O) groups is 2. The number of rotatable bonds is 7. The van der Waals surface area contributed by atoms with Crippen molar-refractivity contribution < 1.29 is 82.2 Å². The standard InChI is InChI=1S/C21H19F3N6O2.C16H11ClF3N5.C6H10O2.CH3F.Na.H/c1-12-5-4-6-14(26-12)17-27-16(10-13-7-8-25-15(9-13)21(22,23)24)28-18(29-17)30-11-20(2,3)32-19(30)31;1-9-3-2-4-11(22-9)14-23-13(24-15(17)25-14)8-10-5-6-21-12(7-10)16(18,19)20;1-6(2)4-3-5(7)8-6;1-2;;/h4-9H,10-11H2,1-3H3;2-7H,8H2,1H3;3-4H2,1-2H3;1H3;;/q;;;;+1;-1/i;;;1D;;. The number of nitrogens with zero attached hydrogens (tertiary/aromatic N) is 11. The van der Waals surface area contributed by atoms with Gasteiger partial charge in [0.05, 0.1) is 15.1 Å². The van der Waals surface area contributed by atoms with Crippen molar-refractivity contribution in [2.75, 3.05) is 18.6 Å². The summed E-state index contributed by atoms with van der Waals surface area (Å²) in [5.41, 5.74) is 0.264. The fraction of sp³-hybridized carbons (Fsp3) is 0.364. The molecule has 15 nitrogen and oxygen atoms in total. The quantitative estimate of drug-likeness (QED) is 0.0937. The Morgan fingerprint density at radius 1 is 0.706 bits per heavy atom. The predicted molar refractivity (Wildman–Crippen MR) is 230 cm³/mol. The molecule has 8 heterocycles. The van der Waals surface area contributed by atoms with Gasteiger partial charge in [0.25, 0.3) is 0 Å². The van der Waals surface area contributed by atoms with Crippen molar-refractivity contribution in [1.29, 1.82) is 0 Å². The Morgan fingerprint density at radius 2 is 1.19 bits per heavy atom. The van der Waals surface area contributed by atoms with Gasteiger partial charge >= 0.3 is 54.0 Å². The van der Waals surface area contributed by atoms with Gasteiger partial charge in [-0.15, -0.1) is 0 Å². The second-order valence-electron chi connectivity index (χ2n) is 15.9. The summed E-state index contributed by atoms with van der Waals surface area (Å²) < 4.78 is 103. The maximum Gasteiger partial charge on any atom is 1.00 e. The summed E-state index contributed by atoms with van der Waals surface area (Å²) >= 11 is 5.93. The molecule has 6 aromatic heterocycles. The molecule has 68 heavy (non-hydrogen) atoms. The van der Waals surface area contributed by atoms with Crippen LogP contribution in [0.25, 0.3) is 23.0 Å². The molecule has 0 saturated carbocycles. The number of hydrogen-bond donors (Lipinski definition) is 0. The number of halogens is 8. The van der Waals surface area contributed by atoms with Gasteiger partial charge in [0.15, 0.2) is 11.6 Å². The van der Waals surface area contributed by atoms with Gasteiger partial charge in [-0.05, 0) is 119 Å². The summed E-state index contributed by atoms with van der Waals surface area (Å²) in [6, 6.07) is 15.5. The number of alkyl halides is 7. The minimum atomic E-state index is -4.57. The summed E-state index contributed by atoms with van der Waals surface area (Å²) in [6.07, 6.45) is -6.00. The molecule has 8 rings (SSSR count). The molecule has 356 valence electrons. The van der Waals surface area contributed by atoms with Gasteiger partial charge < -0.3 is 10.9 Å². The Bertz CT molecular complexity index is 2750. The van der Waals surface area contributed by atoms with E-state index in [9.17, 15) is 40.3 Å². The molecule has 0 radical (unpaired) electrons. The molecule has 0 aromatic carbocycles. The molecule has 24 heteroatoms. The van der Waals surface area contributed by atoms with E-state index in [-0.39, 0.29) is 96.5 Å². The first-order valence-electron chi connectivity index (χ1n) is 20.7. The first-order chi connectivity index (χ1) is 31.8. The van der Waals surface area contributed by atoms with Gasteiger partial charge in [0.1, 0.15) is 45.6 Å². The van der Waals surface area contributed by atoms with Crippen LogP contribution in [0, 0.1) is 13.8 Å². The molecule has 2 fully saturated rings. The second kappa shape index (κ2) is 23.0. The third kappa shape index (κ3) is 15.9. The number of pyridine rings is 4. The Morgan fingerprint density at radius 3 is 1.59 bits per heavy atom. The summed E-state index contributed by atoms with van der Waals surface area (Å²) in [5.74, 6) is 0.895. The molecule has 0 N–H and O–H groups in total. The fourth-order valence-electron chi connectivity index (χ4n) is 6.22. The average Bonchev–Trinajstić information content (AvgIpc) is 3.73. The van der Waals surface area contributed by atoms with Crippen LogP contribution in [0.15, 0.2) is 73.1 Å². The van der Waals surface area contributed by atoms with Gasteiger partial charge in [0, 0.05) is 43.0 Å². The number of amides is 1. The van der Waals surface area contributed by atoms with Crippen LogP contribution < -0.4 is 34.5 Å². The van der Waals surface area contributed by atoms with Crippen LogP contribution in [0.4, 0.5) is 41.5 Å². The molecular weight excluding hydrogens is 938 g/mol. The Hall–Kier alpha value is -5.84. The molecule has 0 spiro atoms.